The summed E-state index contributed by atoms with van der Waals surface area (Å²) < 4.78 is 81.6. The molecule has 0 amide bonds. The maximum absolute atomic E-state index is 12.9. The first-order valence-electron chi connectivity index (χ1n) is 6.53. The summed E-state index contributed by atoms with van der Waals surface area (Å²) in [4.78, 5) is 11.7. The Morgan fingerprint density at radius 3 is 2.18 bits per heavy atom. The molecule has 0 fully saturated rings. The lowest BCUT2D eigenvalue weighted by Crippen LogP contribution is -2.22. The van der Waals surface area contributed by atoms with Crippen molar-refractivity contribution >= 4 is 5.97 Å². The number of benzene rings is 1. The van der Waals surface area contributed by atoms with Gasteiger partial charge in [0.1, 0.15) is 0 Å². The van der Waals surface area contributed by atoms with Gasteiger partial charge in [0.25, 0.3) is 0 Å². The minimum atomic E-state index is -5.32. The Bertz CT molecular complexity index is 519. The Hall–Kier alpha value is -1.73. The van der Waals surface area contributed by atoms with Crippen LogP contribution in [0.15, 0.2) is 18.2 Å². The molecule has 0 aliphatic heterocycles. The molecule has 0 saturated carbocycles. The fraction of sp³-hybridized carbons (Fsp3) is 0.500. The van der Waals surface area contributed by atoms with Crippen LogP contribution < -0.4 is 0 Å². The zero-order chi connectivity index (χ0) is 17.0. The highest BCUT2D eigenvalue weighted by Crippen LogP contribution is 2.42. The van der Waals surface area contributed by atoms with Gasteiger partial charge in [-0.05, 0) is 18.6 Å². The summed E-state index contributed by atoms with van der Waals surface area (Å²) in [5.41, 5.74) is -5.04. The number of ether oxygens (including phenoxy) is 1. The van der Waals surface area contributed by atoms with Gasteiger partial charge >= 0.3 is 18.3 Å². The third-order valence-electron chi connectivity index (χ3n) is 2.85. The first-order chi connectivity index (χ1) is 10.1. The van der Waals surface area contributed by atoms with Gasteiger partial charge in [-0.2, -0.15) is 26.3 Å². The smallest absolute Gasteiger partial charge is 0.417 e. The van der Waals surface area contributed by atoms with E-state index >= 15 is 0 Å². The van der Waals surface area contributed by atoms with Gasteiger partial charge in [0.15, 0.2) is 0 Å². The summed E-state index contributed by atoms with van der Waals surface area (Å²) in [6, 6.07) is 1.72. The van der Waals surface area contributed by atoms with Crippen molar-refractivity contribution in [3.05, 3.63) is 34.9 Å². The van der Waals surface area contributed by atoms with Crippen molar-refractivity contribution in [1.82, 2.24) is 0 Å². The van der Waals surface area contributed by atoms with Crippen LogP contribution in [-0.4, -0.2) is 12.6 Å². The topological polar surface area (TPSA) is 26.3 Å². The molecule has 0 aliphatic carbocycles. The van der Waals surface area contributed by atoms with E-state index in [2.05, 4.69) is 4.74 Å². The van der Waals surface area contributed by atoms with Crippen LogP contribution in [0, 0.1) is 0 Å². The number of halogens is 6. The summed E-state index contributed by atoms with van der Waals surface area (Å²) in [6.45, 7) is 1.73. The van der Waals surface area contributed by atoms with Crippen molar-refractivity contribution in [2.24, 2.45) is 0 Å². The molecule has 124 valence electrons. The van der Waals surface area contributed by atoms with E-state index in [0.717, 1.165) is 12.5 Å². The minimum Gasteiger partial charge on any atom is -0.462 e. The molecular weight excluding hydrogens is 314 g/mol. The standard InChI is InChI=1S/C14H14F6O2/c1-2-3-4-8-22-12(21)9-6-5-7-10(13(15,16)17)11(9)14(18,19)20/h5-7H,2-4,8H2,1H3. The van der Waals surface area contributed by atoms with Crippen molar-refractivity contribution in [1.29, 1.82) is 0 Å². The lowest BCUT2D eigenvalue weighted by atomic mass is 10.00. The average molecular weight is 328 g/mol. The number of carbonyl (C=O) groups excluding carboxylic acids is 1. The van der Waals surface area contributed by atoms with Gasteiger partial charge in [0, 0.05) is 0 Å². The maximum Gasteiger partial charge on any atom is 0.417 e. The normalized spacial score (nSPS) is 12.3. The van der Waals surface area contributed by atoms with Crippen LogP contribution in [-0.2, 0) is 17.1 Å². The highest BCUT2D eigenvalue weighted by Gasteiger charge is 2.45. The van der Waals surface area contributed by atoms with Crippen LogP contribution in [0.4, 0.5) is 26.3 Å². The van der Waals surface area contributed by atoms with Gasteiger partial charge in [-0.25, -0.2) is 4.79 Å². The number of unbranched alkanes of at least 4 members (excludes halogenated alkanes) is 2. The highest BCUT2D eigenvalue weighted by atomic mass is 19.4. The van der Waals surface area contributed by atoms with Crippen molar-refractivity contribution in [2.45, 2.75) is 38.5 Å². The Morgan fingerprint density at radius 1 is 1.05 bits per heavy atom. The van der Waals surface area contributed by atoms with Gasteiger partial charge in [-0.15, -0.1) is 0 Å². The summed E-state index contributed by atoms with van der Waals surface area (Å²) >= 11 is 0. The van der Waals surface area contributed by atoms with E-state index in [1.165, 1.54) is 0 Å². The molecule has 1 aromatic carbocycles. The molecule has 0 radical (unpaired) electrons. The summed E-state index contributed by atoms with van der Waals surface area (Å²) in [5, 5.41) is 0. The second-order valence-corrected chi connectivity index (χ2v) is 4.57. The largest absolute Gasteiger partial charge is 0.462 e. The first-order valence-corrected chi connectivity index (χ1v) is 6.53. The van der Waals surface area contributed by atoms with Crippen LogP contribution in [0.3, 0.4) is 0 Å². The molecule has 1 aromatic rings. The monoisotopic (exact) mass is 328 g/mol. The van der Waals surface area contributed by atoms with Gasteiger partial charge in [0.05, 0.1) is 23.3 Å². The summed E-state index contributed by atoms with van der Waals surface area (Å²) in [5.74, 6) is -1.41. The first kappa shape index (κ1) is 18.3. The van der Waals surface area contributed by atoms with Crippen molar-refractivity contribution in [3.8, 4) is 0 Å². The van der Waals surface area contributed by atoms with E-state index in [-0.39, 0.29) is 12.7 Å². The van der Waals surface area contributed by atoms with Gasteiger partial charge in [-0.3, -0.25) is 0 Å². The van der Waals surface area contributed by atoms with Crippen LogP contribution >= 0.6 is 0 Å². The highest BCUT2D eigenvalue weighted by molar-refractivity contribution is 5.91. The molecule has 0 N–H and O–H groups in total. The number of hydrogen-bond acceptors (Lipinski definition) is 2. The Labute approximate surface area is 123 Å². The van der Waals surface area contributed by atoms with E-state index in [1.807, 2.05) is 6.92 Å². The van der Waals surface area contributed by atoms with Crippen LogP contribution in [0.1, 0.15) is 47.7 Å². The number of rotatable bonds is 5. The summed E-state index contributed by atoms with van der Waals surface area (Å²) in [6.07, 6.45) is -8.60. The summed E-state index contributed by atoms with van der Waals surface area (Å²) in [7, 11) is 0. The number of hydrogen-bond donors (Lipinski definition) is 0. The SMILES string of the molecule is CCCCCOC(=O)c1cccc(C(F)(F)F)c1C(F)(F)F. The Morgan fingerprint density at radius 2 is 1.68 bits per heavy atom. The van der Waals surface area contributed by atoms with E-state index < -0.39 is 35.0 Å². The Kier molecular flexibility index (Phi) is 5.85. The fourth-order valence-electron chi connectivity index (χ4n) is 1.86. The van der Waals surface area contributed by atoms with Crippen molar-refractivity contribution in [2.75, 3.05) is 6.61 Å². The molecule has 0 saturated heterocycles. The van der Waals surface area contributed by atoms with Crippen molar-refractivity contribution in [3.63, 3.8) is 0 Å². The van der Waals surface area contributed by atoms with Crippen molar-refractivity contribution < 1.29 is 35.9 Å². The molecule has 22 heavy (non-hydrogen) atoms. The van der Waals surface area contributed by atoms with Gasteiger partial charge < -0.3 is 4.74 Å². The quantitative estimate of drug-likeness (QED) is 0.428. The van der Waals surface area contributed by atoms with E-state index in [0.29, 0.717) is 18.9 Å². The van der Waals surface area contributed by atoms with Gasteiger partial charge in [-0.1, -0.05) is 25.8 Å². The predicted molar refractivity (Wildman–Crippen MR) is 66.3 cm³/mol. The molecule has 2 nitrogen and oxygen atoms in total. The third kappa shape index (κ3) is 4.64. The molecular formula is C14H14F6O2. The number of alkyl halides is 6. The molecule has 0 atom stereocenters. The second-order valence-electron chi connectivity index (χ2n) is 4.57. The molecule has 1 rings (SSSR count). The van der Waals surface area contributed by atoms with Crippen LogP contribution in [0.5, 0.6) is 0 Å². The molecule has 0 unspecified atom stereocenters. The zero-order valence-electron chi connectivity index (χ0n) is 11.6. The molecule has 0 spiro atoms. The zero-order valence-corrected chi connectivity index (χ0v) is 11.6. The fourth-order valence-corrected chi connectivity index (χ4v) is 1.86. The second kappa shape index (κ2) is 7.02. The average Bonchev–Trinajstić information content (AvgIpc) is 2.40. The number of esters is 1. The molecule has 0 aliphatic rings. The van der Waals surface area contributed by atoms with E-state index in [9.17, 15) is 31.1 Å². The molecule has 8 heteroatoms. The van der Waals surface area contributed by atoms with Crippen LogP contribution in [0.2, 0.25) is 0 Å². The molecule has 0 bridgehead atoms. The van der Waals surface area contributed by atoms with Crippen LogP contribution in [0.25, 0.3) is 0 Å². The van der Waals surface area contributed by atoms with E-state index in [4.69, 9.17) is 0 Å². The predicted octanol–water partition coefficient (Wildman–Crippen LogP) is 5.07. The third-order valence-corrected chi connectivity index (χ3v) is 2.85. The molecule has 0 heterocycles. The Balaban J connectivity index is 3.17. The van der Waals surface area contributed by atoms with E-state index in [1.54, 1.807) is 0 Å². The lowest BCUT2D eigenvalue weighted by Gasteiger charge is -2.18. The molecule has 0 aromatic heterocycles. The lowest BCUT2D eigenvalue weighted by molar-refractivity contribution is -0.162. The van der Waals surface area contributed by atoms with Gasteiger partial charge in [0.2, 0.25) is 0 Å². The maximum atomic E-state index is 12.9. The number of carbonyl (C=O) groups is 1. The minimum absolute atomic E-state index is 0.139.